The first kappa shape index (κ1) is 14.4. The molecular weight excluding hydrogens is 246 g/mol. The summed E-state index contributed by atoms with van der Waals surface area (Å²) in [5.74, 6) is -1.57. The van der Waals surface area contributed by atoms with Crippen LogP contribution in [0.25, 0.3) is 0 Å². The third kappa shape index (κ3) is 3.37. The van der Waals surface area contributed by atoms with Crippen LogP contribution in [0.2, 0.25) is 0 Å². The van der Waals surface area contributed by atoms with Crippen molar-refractivity contribution >= 4 is 12.4 Å². The van der Waals surface area contributed by atoms with Crippen molar-refractivity contribution in [1.29, 1.82) is 0 Å². The average molecular weight is 263 g/mol. The van der Waals surface area contributed by atoms with Gasteiger partial charge in [-0.05, 0) is 37.1 Å². The predicted octanol–water partition coefficient (Wildman–Crippen LogP) is 2.31. The minimum absolute atomic E-state index is 0. The van der Waals surface area contributed by atoms with Gasteiger partial charge in [0, 0.05) is 19.1 Å². The molecule has 0 spiro atoms. The van der Waals surface area contributed by atoms with Gasteiger partial charge in [-0.2, -0.15) is 0 Å². The Labute approximate surface area is 106 Å². The van der Waals surface area contributed by atoms with Crippen molar-refractivity contribution in [1.82, 2.24) is 4.90 Å². The van der Waals surface area contributed by atoms with Gasteiger partial charge in [0.15, 0.2) is 11.6 Å². The smallest absolute Gasteiger partial charge is 0.159 e. The number of nitrogens with zero attached hydrogens (tertiary/aromatic N) is 1. The average Bonchev–Trinajstić information content (AvgIpc) is 2.71. The van der Waals surface area contributed by atoms with Gasteiger partial charge >= 0.3 is 0 Å². The molecule has 1 aromatic carbocycles. The summed E-state index contributed by atoms with van der Waals surface area (Å²) in [5.41, 5.74) is 6.46. The maximum atomic E-state index is 13.0. The molecule has 1 unspecified atom stereocenters. The monoisotopic (exact) mass is 262 g/mol. The Hall–Kier alpha value is -0.710. The third-order valence-corrected chi connectivity index (χ3v) is 3.14. The van der Waals surface area contributed by atoms with Gasteiger partial charge in [-0.25, -0.2) is 8.78 Å². The van der Waals surface area contributed by atoms with Crippen LogP contribution in [-0.4, -0.2) is 24.0 Å². The second-order valence-corrected chi connectivity index (χ2v) is 4.25. The van der Waals surface area contributed by atoms with Gasteiger partial charge in [-0.1, -0.05) is 6.07 Å². The summed E-state index contributed by atoms with van der Waals surface area (Å²) in [5, 5.41) is 0. The van der Waals surface area contributed by atoms with Crippen molar-refractivity contribution in [3.05, 3.63) is 35.4 Å². The first-order valence-corrected chi connectivity index (χ1v) is 5.58. The van der Waals surface area contributed by atoms with E-state index in [2.05, 4.69) is 4.90 Å². The fourth-order valence-corrected chi connectivity index (χ4v) is 2.24. The molecule has 1 saturated heterocycles. The van der Waals surface area contributed by atoms with E-state index in [1.54, 1.807) is 6.07 Å². The van der Waals surface area contributed by atoms with E-state index in [0.29, 0.717) is 19.1 Å². The van der Waals surface area contributed by atoms with Gasteiger partial charge in [0.1, 0.15) is 0 Å². The maximum Gasteiger partial charge on any atom is 0.159 e. The van der Waals surface area contributed by atoms with Gasteiger partial charge in [-0.15, -0.1) is 12.4 Å². The molecule has 1 aromatic rings. The minimum Gasteiger partial charge on any atom is -0.329 e. The number of nitrogens with two attached hydrogens (primary N) is 1. The van der Waals surface area contributed by atoms with Gasteiger partial charge in [-0.3, -0.25) is 4.90 Å². The second kappa shape index (κ2) is 6.28. The molecule has 17 heavy (non-hydrogen) atoms. The molecule has 5 heteroatoms. The lowest BCUT2D eigenvalue weighted by Crippen LogP contribution is -2.34. The summed E-state index contributed by atoms with van der Waals surface area (Å²) in [6.07, 6.45) is 2.23. The minimum atomic E-state index is -0.791. The zero-order valence-corrected chi connectivity index (χ0v) is 10.4. The Morgan fingerprint density at radius 2 is 2.06 bits per heavy atom. The van der Waals surface area contributed by atoms with Crippen LogP contribution in [0.4, 0.5) is 8.78 Å². The summed E-state index contributed by atoms with van der Waals surface area (Å²) in [4.78, 5) is 2.23. The SMILES string of the molecule is Cl.NCC1CCCN1Cc1ccc(F)c(F)c1. The molecule has 1 aliphatic rings. The number of halogens is 3. The highest BCUT2D eigenvalue weighted by atomic mass is 35.5. The van der Waals surface area contributed by atoms with E-state index in [-0.39, 0.29) is 12.4 Å². The van der Waals surface area contributed by atoms with Crippen molar-refractivity contribution in [2.45, 2.75) is 25.4 Å². The molecule has 0 amide bonds. The second-order valence-electron chi connectivity index (χ2n) is 4.25. The van der Waals surface area contributed by atoms with Gasteiger partial charge < -0.3 is 5.73 Å². The van der Waals surface area contributed by atoms with Gasteiger partial charge in [0.25, 0.3) is 0 Å². The number of hydrogen-bond donors (Lipinski definition) is 1. The van der Waals surface area contributed by atoms with E-state index >= 15 is 0 Å². The van der Waals surface area contributed by atoms with E-state index in [9.17, 15) is 8.78 Å². The van der Waals surface area contributed by atoms with Gasteiger partial charge in [0.05, 0.1) is 0 Å². The number of hydrogen-bond acceptors (Lipinski definition) is 2. The predicted molar refractivity (Wildman–Crippen MR) is 66.1 cm³/mol. The molecular formula is C12H17ClF2N2. The molecule has 1 aliphatic heterocycles. The molecule has 0 saturated carbocycles. The molecule has 0 radical (unpaired) electrons. The number of rotatable bonds is 3. The quantitative estimate of drug-likeness (QED) is 0.906. The molecule has 0 aliphatic carbocycles. The topological polar surface area (TPSA) is 29.3 Å². The highest BCUT2D eigenvalue weighted by Crippen LogP contribution is 2.20. The van der Waals surface area contributed by atoms with Crippen molar-refractivity contribution in [2.75, 3.05) is 13.1 Å². The summed E-state index contributed by atoms with van der Waals surface area (Å²) >= 11 is 0. The fourth-order valence-electron chi connectivity index (χ4n) is 2.24. The van der Waals surface area contributed by atoms with Crippen molar-refractivity contribution in [3.8, 4) is 0 Å². The molecule has 1 atom stereocenters. The Balaban J connectivity index is 0.00000144. The van der Waals surface area contributed by atoms with E-state index in [0.717, 1.165) is 24.9 Å². The molecule has 1 heterocycles. The molecule has 0 aromatic heterocycles. The zero-order chi connectivity index (χ0) is 11.5. The lowest BCUT2D eigenvalue weighted by molar-refractivity contribution is 0.250. The maximum absolute atomic E-state index is 13.0. The van der Waals surface area contributed by atoms with Crippen LogP contribution in [0.3, 0.4) is 0 Å². The molecule has 0 bridgehead atoms. The Morgan fingerprint density at radius 3 is 2.71 bits per heavy atom. The van der Waals surface area contributed by atoms with Gasteiger partial charge in [0.2, 0.25) is 0 Å². The molecule has 2 nitrogen and oxygen atoms in total. The van der Waals surface area contributed by atoms with Crippen LogP contribution in [0.15, 0.2) is 18.2 Å². The van der Waals surface area contributed by atoms with Crippen LogP contribution in [0.1, 0.15) is 18.4 Å². The highest BCUT2D eigenvalue weighted by molar-refractivity contribution is 5.85. The van der Waals surface area contributed by atoms with E-state index < -0.39 is 11.6 Å². The molecule has 1 fully saturated rings. The third-order valence-electron chi connectivity index (χ3n) is 3.14. The fraction of sp³-hybridized carbons (Fsp3) is 0.500. The Bertz CT molecular complexity index is 374. The van der Waals surface area contributed by atoms with E-state index in [4.69, 9.17) is 5.73 Å². The lowest BCUT2D eigenvalue weighted by atomic mass is 10.1. The molecule has 2 rings (SSSR count). The number of benzene rings is 1. The first-order valence-electron chi connectivity index (χ1n) is 5.58. The summed E-state index contributed by atoms with van der Waals surface area (Å²) < 4.78 is 25.8. The number of likely N-dealkylation sites (tertiary alicyclic amines) is 1. The van der Waals surface area contributed by atoms with Crippen molar-refractivity contribution < 1.29 is 8.78 Å². The van der Waals surface area contributed by atoms with E-state index in [1.165, 1.54) is 12.1 Å². The normalized spacial score (nSPS) is 20.3. The molecule has 2 N–H and O–H groups in total. The zero-order valence-electron chi connectivity index (χ0n) is 9.53. The Morgan fingerprint density at radius 1 is 1.29 bits per heavy atom. The van der Waals surface area contributed by atoms with Crippen LogP contribution < -0.4 is 5.73 Å². The highest BCUT2D eigenvalue weighted by Gasteiger charge is 2.23. The van der Waals surface area contributed by atoms with E-state index in [1.807, 2.05) is 0 Å². The molecule has 96 valence electrons. The first-order chi connectivity index (χ1) is 7.70. The van der Waals surface area contributed by atoms with Crippen molar-refractivity contribution in [3.63, 3.8) is 0 Å². The largest absolute Gasteiger partial charge is 0.329 e. The lowest BCUT2D eigenvalue weighted by Gasteiger charge is -2.23. The Kier molecular flexibility index (Phi) is 5.31. The van der Waals surface area contributed by atoms with Crippen molar-refractivity contribution in [2.24, 2.45) is 5.73 Å². The summed E-state index contributed by atoms with van der Waals surface area (Å²) in [7, 11) is 0. The van der Waals surface area contributed by atoms with Crippen LogP contribution in [0.5, 0.6) is 0 Å². The van der Waals surface area contributed by atoms with Crippen LogP contribution >= 0.6 is 12.4 Å². The summed E-state index contributed by atoms with van der Waals surface area (Å²) in [6.45, 7) is 2.27. The standard InChI is InChI=1S/C12H16F2N2.ClH/c13-11-4-3-9(6-12(11)14)8-16-5-1-2-10(16)7-15;/h3-4,6,10H,1-2,5,7-8,15H2;1H. The van der Waals surface area contributed by atoms with Crippen LogP contribution in [-0.2, 0) is 6.54 Å². The summed E-state index contributed by atoms with van der Waals surface area (Å²) in [6, 6.07) is 4.46. The van der Waals surface area contributed by atoms with Crippen LogP contribution in [0, 0.1) is 11.6 Å².